The molecule has 0 aromatic carbocycles. The zero-order valence-electron chi connectivity index (χ0n) is 4.89. The van der Waals surface area contributed by atoms with Crippen LogP contribution >= 0.6 is 0 Å². The fraction of sp³-hybridized carbons (Fsp3) is 0.571. The van der Waals surface area contributed by atoms with Gasteiger partial charge in [0.05, 0.1) is 0 Å². The SMILES string of the molecule is O=CC=C1CCCC1. The van der Waals surface area contributed by atoms with Crippen molar-refractivity contribution in [1.82, 2.24) is 0 Å². The molecular formula is C7H10O. The van der Waals surface area contributed by atoms with Crippen molar-refractivity contribution < 1.29 is 4.79 Å². The van der Waals surface area contributed by atoms with E-state index in [1.807, 2.05) is 0 Å². The summed E-state index contributed by atoms with van der Waals surface area (Å²) in [6, 6.07) is 0. The molecule has 0 spiro atoms. The van der Waals surface area contributed by atoms with Crippen LogP contribution < -0.4 is 0 Å². The van der Waals surface area contributed by atoms with Crippen molar-refractivity contribution in [3.63, 3.8) is 0 Å². The van der Waals surface area contributed by atoms with Gasteiger partial charge in [-0.1, -0.05) is 5.57 Å². The molecule has 0 N–H and O–H groups in total. The van der Waals surface area contributed by atoms with Crippen molar-refractivity contribution in [2.24, 2.45) is 0 Å². The lowest BCUT2D eigenvalue weighted by molar-refractivity contribution is -0.104. The Morgan fingerprint density at radius 1 is 1.25 bits per heavy atom. The fourth-order valence-electron chi connectivity index (χ4n) is 1.09. The Balaban J connectivity index is 2.44. The molecule has 1 rings (SSSR count). The smallest absolute Gasteiger partial charge is 0.142 e. The fourth-order valence-corrected chi connectivity index (χ4v) is 1.09. The lowest BCUT2D eigenvalue weighted by atomic mass is 10.2. The highest BCUT2D eigenvalue weighted by atomic mass is 16.1. The molecule has 0 atom stereocenters. The van der Waals surface area contributed by atoms with Crippen LogP contribution in [0.15, 0.2) is 11.6 Å². The van der Waals surface area contributed by atoms with E-state index >= 15 is 0 Å². The molecule has 0 aliphatic heterocycles. The standard InChI is InChI=1S/C7H10O/c8-6-5-7-3-1-2-4-7/h5-6H,1-4H2. The predicted octanol–water partition coefficient (Wildman–Crippen LogP) is 1.69. The maximum absolute atomic E-state index is 9.88. The van der Waals surface area contributed by atoms with Crippen molar-refractivity contribution in [3.05, 3.63) is 11.6 Å². The summed E-state index contributed by atoms with van der Waals surface area (Å²) >= 11 is 0. The summed E-state index contributed by atoms with van der Waals surface area (Å²) in [5.41, 5.74) is 1.33. The molecule has 1 heteroatoms. The monoisotopic (exact) mass is 110 g/mol. The third kappa shape index (κ3) is 1.19. The highest BCUT2D eigenvalue weighted by Gasteiger charge is 2.04. The lowest BCUT2D eigenvalue weighted by Crippen LogP contribution is -1.70. The van der Waals surface area contributed by atoms with E-state index < -0.39 is 0 Å². The van der Waals surface area contributed by atoms with Gasteiger partial charge in [0, 0.05) is 0 Å². The Morgan fingerprint density at radius 2 is 1.88 bits per heavy atom. The molecule has 0 unspecified atom stereocenters. The summed E-state index contributed by atoms with van der Waals surface area (Å²) in [6.07, 6.45) is 7.45. The summed E-state index contributed by atoms with van der Waals surface area (Å²) in [6.45, 7) is 0. The van der Waals surface area contributed by atoms with Gasteiger partial charge in [-0.2, -0.15) is 0 Å². The molecule has 1 saturated carbocycles. The summed E-state index contributed by atoms with van der Waals surface area (Å²) in [5, 5.41) is 0. The average molecular weight is 110 g/mol. The van der Waals surface area contributed by atoms with Crippen molar-refractivity contribution in [2.75, 3.05) is 0 Å². The molecule has 0 aromatic heterocycles. The van der Waals surface area contributed by atoms with Crippen LogP contribution in [0.5, 0.6) is 0 Å². The third-order valence-electron chi connectivity index (χ3n) is 1.55. The quantitative estimate of drug-likeness (QED) is 0.371. The first-order valence-corrected chi connectivity index (χ1v) is 3.06. The molecule has 1 aliphatic carbocycles. The number of carbonyl (C=O) groups is 1. The van der Waals surface area contributed by atoms with Crippen LogP contribution in [0.3, 0.4) is 0 Å². The van der Waals surface area contributed by atoms with Crippen LogP contribution in [0.25, 0.3) is 0 Å². The maximum Gasteiger partial charge on any atom is 0.142 e. The summed E-state index contributed by atoms with van der Waals surface area (Å²) in [4.78, 5) is 9.88. The molecular weight excluding hydrogens is 100 g/mol. The van der Waals surface area contributed by atoms with Gasteiger partial charge in [-0.3, -0.25) is 4.79 Å². The molecule has 0 aromatic rings. The minimum atomic E-state index is 0.890. The van der Waals surface area contributed by atoms with Crippen LogP contribution in [0.2, 0.25) is 0 Å². The molecule has 1 nitrogen and oxygen atoms in total. The average Bonchev–Trinajstić information content (AvgIpc) is 2.19. The van der Waals surface area contributed by atoms with Gasteiger partial charge in [-0.25, -0.2) is 0 Å². The Hall–Kier alpha value is -0.590. The topological polar surface area (TPSA) is 17.1 Å². The first-order chi connectivity index (χ1) is 3.93. The van der Waals surface area contributed by atoms with Gasteiger partial charge in [0.1, 0.15) is 6.29 Å². The number of hydrogen-bond donors (Lipinski definition) is 0. The van der Waals surface area contributed by atoms with Gasteiger partial charge in [0.25, 0.3) is 0 Å². The van der Waals surface area contributed by atoms with Gasteiger partial charge in [-0.15, -0.1) is 0 Å². The van der Waals surface area contributed by atoms with E-state index in [9.17, 15) is 4.79 Å². The minimum Gasteiger partial charge on any atom is -0.299 e. The third-order valence-corrected chi connectivity index (χ3v) is 1.55. The van der Waals surface area contributed by atoms with E-state index in [1.165, 1.54) is 18.4 Å². The molecule has 44 valence electrons. The molecule has 0 heterocycles. The molecule has 0 radical (unpaired) electrons. The van der Waals surface area contributed by atoms with E-state index in [4.69, 9.17) is 0 Å². The van der Waals surface area contributed by atoms with E-state index in [0.717, 1.165) is 19.1 Å². The Morgan fingerprint density at radius 3 is 2.38 bits per heavy atom. The first kappa shape index (κ1) is 5.54. The Kier molecular flexibility index (Phi) is 1.84. The lowest BCUT2D eigenvalue weighted by Gasteiger charge is -1.85. The summed E-state index contributed by atoms with van der Waals surface area (Å²) < 4.78 is 0. The van der Waals surface area contributed by atoms with Gasteiger partial charge >= 0.3 is 0 Å². The van der Waals surface area contributed by atoms with Crippen LogP contribution in [0, 0.1) is 0 Å². The second-order valence-electron chi connectivity index (χ2n) is 2.17. The number of rotatable bonds is 1. The van der Waals surface area contributed by atoms with Crippen LogP contribution in [-0.2, 0) is 4.79 Å². The van der Waals surface area contributed by atoms with Gasteiger partial charge in [-0.05, 0) is 31.8 Å². The number of aldehydes is 1. The first-order valence-electron chi connectivity index (χ1n) is 3.06. The van der Waals surface area contributed by atoms with Crippen LogP contribution in [-0.4, -0.2) is 6.29 Å². The molecule has 0 bridgehead atoms. The van der Waals surface area contributed by atoms with Crippen molar-refractivity contribution >= 4 is 6.29 Å². The molecule has 8 heavy (non-hydrogen) atoms. The second-order valence-corrected chi connectivity index (χ2v) is 2.17. The van der Waals surface area contributed by atoms with Crippen molar-refractivity contribution in [3.8, 4) is 0 Å². The Labute approximate surface area is 49.4 Å². The van der Waals surface area contributed by atoms with Crippen molar-refractivity contribution in [1.29, 1.82) is 0 Å². The minimum absolute atomic E-state index is 0.890. The number of hydrogen-bond acceptors (Lipinski definition) is 1. The van der Waals surface area contributed by atoms with Gasteiger partial charge in [0.2, 0.25) is 0 Å². The number of carbonyl (C=O) groups excluding carboxylic acids is 1. The summed E-state index contributed by atoms with van der Waals surface area (Å²) in [5.74, 6) is 0. The molecule has 0 amide bonds. The van der Waals surface area contributed by atoms with Gasteiger partial charge in [0.15, 0.2) is 0 Å². The highest BCUT2D eigenvalue weighted by Crippen LogP contribution is 2.22. The zero-order chi connectivity index (χ0) is 5.82. The molecule has 1 aliphatic rings. The molecule has 1 fully saturated rings. The van der Waals surface area contributed by atoms with E-state index in [0.29, 0.717) is 0 Å². The molecule has 0 saturated heterocycles. The van der Waals surface area contributed by atoms with Crippen LogP contribution in [0.1, 0.15) is 25.7 Å². The predicted molar refractivity (Wildman–Crippen MR) is 32.6 cm³/mol. The van der Waals surface area contributed by atoms with Crippen LogP contribution in [0.4, 0.5) is 0 Å². The van der Waals surface area contributed by atoms with E-state index in [1.54, 1.807) is 6.08 Å². The summed E-state index contributed by atoms with van der Waals surface area (Å²) in [7, 11) is 0. The number of allylic oxidation sites excluding steroid dienone is 2. The van der Waals surface area contributed by atoms with Gasteiger partial charge < -0.3 is 0 Å². The zero-order valence-corrected chi connectivity index (χ0v) is 4.89. The van der Waals surface area contributed by atoms with E-state index in [-0.39, 0.29) is 0 Å². The Bertz CT molecular complexity index is 106. The van der Waals surface area contributed by atoms with Crippen molar-refractivity contribution in [2.45, 2.75) is 25.7 Å². The largest absolute Gasteiger partial charge is 0.299 e. The van der Waals surface area contributed by atoms with E-state index in [2.05, 4.69) is 0 Å². The second kappa shape index (κ2) is 2.65. The highest BCUT2D eigenvalue weighted by molar-refractivity contribution is 5.66. The normalized spacial score (nSPS) is 18.8. The maximum atomic E-state index is 9.88.